The molecule has 0 aliphatic carbocycles. The molecule has 1 aromatic carbocycles. The number of nitrogens with one attached hydrogen (secondary N) is 1. The van der Waals surface area contributed by atoms with Gasteiger partial charge in [0.1, 0.15) is 0 Å². The minimum absolute atomic E-state index is 0.0555. The summed E-state index contributed by atoms with van der Waals surface area (Å²) < 4.78 is 1.80. The van der Waals surface area contributed by atoms with Crippen LogP contribution in [0.15, 0.2) is 34.5 Å². The Morgan fingerprint density at radius 2 is 2.11 bits per heavy atom. The van der Waals surface area contributed by atoms with E-state index in [1.54, 1.807) is 4.57 Å². The van der Waals surface area contributed by atoms with Crippen molar-refractivity contribution < 1.29 is 5.11 Å². The molecule has 0 saturated heterocycles. The number of azo groups is 1. The Labute approximate surface area is 111 Å². The average Bonchev–Trinajstić information content (AvgIpc) is 2.60. The molecule has 4 N–H and O–H groups in total. The van der Waals surface area contributed by atoms with Crippen LogP contribution in [-0.2, 0) is 6.54 Å². The molecule has 0 saturated carbocycles. The van der Waals surface area contributed by atoms with Gasteiger partial charge in [0.05, 0.1) is 5.52 Å². The van der Waals surface area contributed by atoms with Crippen LogP contribution in [0.1, 0.15) is 13.8 Å². The molecule has 0 bridgehead atoms. The van der Waals surface area contributed by atoms with Crippen LogP contribution >= 0.6 is 0 Å². The number of nitrogens with zero attached hydrogens (tertiary/aromatic N) is 3. The quantitative estimate of drug-likeness (QED) is 0.448. The van der Waals surface area contributed by atoms with Crippen molar-refractivity contribution in [2.24, 2.45) is 21.9 Å². The molecule has 0 fully saturated rings. The van der Waals surface area contributed by atoms with Crippen LogP contribution in [0.3, 0.4) is 0 Å². The maximum atomic E-state index is 10.3. The van der Waals surface area contributed by atoms with Crippen molar-refractivity contribution >= 4 is 22.5 Å². The SMILES string of the molecule is CC(C)Cn1c(O)c(N=NC(=N)N)c2ccccc21. The molecule has 0 unspecified atom stereocenters. The zero-order valence-corrected chi connectivity index (χ0v) is 11.0. The third-order valence-corrected chi connectivity index (χ3v) is 2.72. The largest absolute Gasteiger partial charge is 0.493 e. The van der Waals surface area contributed by atoms with Gasteiger partial charge in [-0.3, -0.25) is 5.41 Å². The smallest absolute Gasteiger partial charge is 0.232 e. The first-order valence-corrected chi connectivity index (χ1v) is 6.06. The highest BCUT2D eigenvalue weighted by Crippen LogP contribution is 2.39. The van der Waals surface area contributed by atoms with Gasteiger partial charge in [-0.2, -0.15) is 0 Å². The molecular weight excluding hydrogens is 242 g/mol. The van der Waals surface area contributed by atoms with Crippen LogP contribution in [0.5, 0.6) is 5.88 Å². The molecule has 2 aromatic rings. The Hall–Kier alpha value is -2.37. The van der Waals surface area contributed by atoms with Crippen molar-refractivity contribution in [2.75, 3.05) is 0 Å². The van der Waals surface area contributed by atoms with Crippen LogP contribution < -0.4 is 5.73 Å². The molecule has 2 rings (SSSR count). The molecule has 0 atom stereocenters. The number of benzene rings is 1. The van der Waals surface area contributed by atoms with Gasteiger partial charge >= 0.3 is 0 Å². The second kappa shape index (κ2) is 5.09. The summed E-state index contributed by atoms with van der Waals surface area (Å²) in [5.41, 5.74) is 6.40. The van der Waals surface area contributed by atoms with Gasteiger partial charge in [-0.1, -0.05) is 32.0 Å². The fourth-order valence-corrected chi connectivity index (χ4v) is 2.02. The Kier molecular flexibility index (Phi) is 3.50. The van der Waals surface area contributed by atoms with E-state index in [1.807, 2.05) is 24.3 Å². The number of nitrogens with two attached hydrogens (primary N) is 1. The van der Waals surface area contributed by atoms with E-state index in [4.69, 9.17) is 11.1 Å². The van der Waals surface area contributed by atoms with Gasteiger partial charge in [0.25, 0.3) is 0 Å². The molecular formula is C13H17N5O. The number of aromatic hydroxyl groups is 1. The zero-order chi connectivity index (χ0) is 14.0. The molecule has 0 amide bonds. The Bertz CT molecular complexity index is 642. The van der Waals surface area contributed by atoms with Gasteiger partial charge in [0.2, 0.25) is 11.8 Å². The average molecular weight is 259 g/mol. The Morgan fingerprint density at radius 1 is 1.42 bits per heavy atom. The monoisotopic (exact) mass is 259 g/mol. The summed E-state index contributed by atoms with van der Waals surface area (Å²) in [6, 6.07) is 7.56. The molecule has 100 valence electrons. The first-order chi connectivity index (χ1) is 9.00. The highest BCUT2D eigenvalue weighted by molar-refractivity contribution is 5.95. The summed E-state index contributed by atoms with van der Waals surface area (Å²) in [5.74, 6) is 0.0549. The lowest BCUT2D eigenvalue weighted by molar-refractivity contribution is 0.401. The number of rotatable bonds is 3. The van der Waals surface area contributed by atoms with Crippen molar-refractivity contribution in [2.45, 2.75) is 20.4 Å². The van der Waals surface area contributed by atoms with Gasteiger partial charge in [-0.25, -0.2) is 0 Å². The first kappa shape index (κ1) is 13.1. The molecule has 6 nitrogen and oxygen atoms in total. The van der Waals surface area contributed by atoms with Crippen molar-refractivity contribution in [3.05, 3.63) is 24.3 Å². The molecule has 0 aliphatic rings. The van der Waals surface area contributed by atoms with E-state index in [-0.39, 0.29) is 11.8 Å². The van der Waals surface area contributed by atoms with E-state index >= 15 is 0 Å². The van der Waals surface area contributed by atoms with Crippen molar-refractivity contribution in [1.29, 1.82) is 5.41 Å². The molecule has 6 heteroatoms. The van der Waals surface area contributed by atoms with Crippen molar-refractivity contribution in [3.63, 3.8) is 0 Å². The Balaban J connectivity index is 2.63. The van der Waals surface area contributed by atoms with Crippen LogP contribution in [-0.4, -0.2) is 15.6 Å². The highest BCUT2D eigenvalue weighted by Gasteiger charge is 2.16. The third kappa shape index (κ3) is 2.57. The van der Waals surface area contributed by atoms with E-state index in [9.17, 15) is 5.11 Å². The summed E-state index contributed by atoms with van der Waals surface area (Å²) in [4.78, 5) is 0. The summed E-state index contributed by atoms with van der Waals surface area (Å²) in [7, 11) is 0. The molecule has 0 aliphatic heterocycles. The molecule has 0 radical (unpaired) electrons. The van der Waals surface area contributed by atoms with Crippen LogP contribution in [0.25, 0.3) is 10.9 Å². The zero-order valence-electron chi connectivity index (χ0n) is 11.0. The van der Waals surface area contributed by atoms with E-state index in [0.717, 1.165) is 10.9 Å². The molecule has 0 spiro atoms. The van der Waals surface area contributed by atoms with E-state index in [2.05, 4.69) is 24.1 Å². The number of aromatic nitrogens is 1. The van der Waals surface area contributed by atoms with E-state index in [1.165, 1.54) is 0 Å². The summed E-state index contributed by atoms with van der Waals surface area (Å²) in [6.07, 6.45) is 0. The Morgan fingerprint density at radius 3 is 2.74 bits per heavy atom. The minimum Gasteiger partial charge on any atom is -0.493 e. The lowest BCUT2D eigenvalue weighted by Gasteiger charge is -2.09. The van der Waals surface area contributed by atoms with Gasteiger partial charge < -0.3 is 15.4 Å². The molecule has 1 heterocycles. The first-order valence-electron chi connectivity index (χ1n) is 6.06. The normalized spacial score (nSPS) is 11.7. The fourth-order valence-electron chi connectivity index (χ4n) is 2.02. The number of hydrogen-bond acceptors (Lipinski definition) is 3. The maximum Gasteiger partial charge on any atom is 0.232 e. The number of hydrogen-bond donors (Lipinski definition) is 3. The van der Waals surface area contributed by atoms with Crippen LogP contribution in [0.2, 0.25) is 0 Å². The summed E-state index contributed by atoms with van der Waals surface area (Å²) >= 11 is 0. The van der Waals surface area contributed by atoms with Gasteiger partial charge in [-0.15, -0.1) is 10.2 Å². The minimum atomic E-state index is -0.389. The maximum absolute atomic E-state index is 10.3. The van der Waals surface area contributed by atoms with E-state index in [0.29, 0.717) is 18.2 Å². The summed E-state index contributed by atoms with van der Waals surface area (Å²) in [5, 5.41) is 25.5. The van der Waals surface area contributed by atoms with Gasteiger partial charge in [0, 0.05) is 11.9 Å². The third-order valence-electron chi connectivity index (χ3n) is 2.72. The number of guanidine groups is 1. The number of fused-ring (bicyclic) bond motifs is 1. The van der Waals surface area contributed by atoms with Gasteiger partial charge in [-0.05, 0) is 12.0 Å². The second-order valence-corrected chi connectivity index (χ2v) is 4.78. The predicted molar refractivity (Wildman–Crippen MR) is 74.9 cm³/mol. The molecule has 19 heavy (non-hydrogen) atoms. The predicted octanol–water partition coefficient (Wildman–Crippen LogP) is 2.98. The standard InChI is InChI=1S/C13H17N5O/c1-8(2)7-18-10-6-4-3-5-9(10)11(12(18)19)16-17-13(14)15/h3-6,8,19H,7H2,1-2H3,(H3,14,15). The van der Waals surface area contributed by atoms with Crippen molar-refractivity contribution in [3.8, 4) is 5.88 Å². The molecule has 1 aromatic heterocycles. The highest BCUT2D eigenvalue weighted by atomic mass is 16.3. The lowest BCUT2D eigenvalue weighted by Crippen LogP contribution is -2.03. The van der Waals surface area contributed by atoms with Crippen molar-refractivity contribution in [1.82, 2.24) is 4.57 Å². The van der Waals surface area contributed by atoms with E-state index < -0.39 is 0 Å². The van der Waals surface area contributed by atoms with Gasteiger partial charge in [0.15, 0.2) is 5.69 Å². The second-order valence-electron chi connectivity index (χ2n) is 4.78. The van der Waals surface area contributed by atoms with Crippen LogP contribution in [0.4, 0.5) is 5.69 Å². The topological polar surface area (TPSA) is 99.7 Å². The fraction of sp³-hybridized carbons (Fsp3) is 0.308. The lowest BCUT2D eigenvalue weighted by atomic mass is 10.2. The van der Waals surface area contributed by atoms with Crippen LogP contribution in [0, 0.1) is 11.3 Å². The number of para-hydroxylation sites is 1. The summed E-state index contributed by atoms with van der Waals surface area (Å²) in [6.45, 7) is 4.83.